The minimum atomic E-state index is 0.672. The van der Waals surface area contributed by atoms with Gasteiger partial charge in [-0.2, -0.15) is 22.1 Å². The summed E-state index contributed by atoms with van der Waals surface area (Å²) < 4.78 is 1.90. The van der Waals surface area contributed by atoms with Crippen LogP contribution in [0.3, 0.4) is 0 Å². The highest BCUT2D eigenvalue weighted by Gasteiger charge is 2.18. The molecule has 1 aliphatic rings. The van der Waals surface area contributed by atoms with E-state index >= 15 is 0 Å². The average molecular weight is 227 g/mol. The number of fused-ring (bicyclic) bond motifs is 1. The Labute approximate surface area is 97.7 Å². The van der Waals surface area contributed by atoms with Gasteiger partial charge in [-0.25, -0.2) is 4.68 Å². The second kappa shape index (κ2) is 3.69. The molecular weight excluding hydrogens is 218 g/mol. The third kappa shape index (κ3) is 1.33. The molecule has 0 radical (unpaired) electrons. The summed E-state index contributed by atoms with van der Waals surface area (Å²) in [7, 11) is 0. The van der Waals surface area contributed by atoms with Gasteiger partial charge in [0.15, 0.2) is 0 Å². The van der Waals surface area contributed by atoms with Crippen molar-refractivity contribution in [2.75, 3.05) is 0 Å². The van der Waals surface area contributed by atoms with E-state index < -0.39 is 0 Å². The third-order valence-corrected chi connectivity index (χ3v) is 3.70. The molecule has 16 heavy (non-hydrogen) atoms. The van der Waals surface area contributed by atoms with Crippen molar-refractivity contribution in [3.8, 4) is 11.8 Å². The Kier molecular flexibility index (Phi) is 2.19. The Bertz CT molecular complexity index is 580. The molecule has 0 N–H and O–H groups in total. The molecule has 2 aromatic rings. The van der Waals surface area contributed by atoms with Crippen molar-refractivity contribution in [1.29, 1.82) is 5.26 Å². The number of hydrogen-bond donors (Lipinski definition) is 0. The molecule has 0 saturated carbocycles. The van der Waals surface area contributed by atoms with Gasteiger partial charge in [0, 0.05) is 17.1 Å². The molecule has 0 fully saturated rings. The van der Waals surface area contributed by atoms with Crippen LogP contribution in [0.4, 0.5) is 0 Å². The monoisotopic (exact) mass is 227 g/mol. The molecule has 4 heteroatoms. The number of benzene rings is 1. The molecule has 0 unspecified atom stereocenters. The van der Waals surface area contributed by atoms with E-state index in [0.717, 1.165) is 17.2 Å². The largest absolute Gasteiger partial charge is 0.235 e. The first-order valence-electron chi connectivity index (χ1n) is 5.03. The van der Waals surface area contributed by atoms with Crippen molar-refractivity contribution in [2.24, 2.45) is 0 Å². The molecule has 0 bridgehead atoms. The van der Waals surface area contributed by atoms with Crippen molar-refractivity contribution in [2.45, 2.75) is 11.5 Å². The topological polar surface area (TPSA) is 41.6 Å². The minimum absolute atomic E-state index is 0.672. The van der Waals surface area contributed by atoms with Crippen molar-refractivity contribution in [1.82, 2.24) is 9.78 Å². The highest BCUT2D eigenvalue weighted by atomic mass is 32.2. The third-order valence-electron chi connectivity index (χ3n) is 2.70. The fourth-order valence-corrected chi connectivity index (χ4v) is 2.96. The van der Waals surface area contributed by atoms with Crippen LogP contribution in [0.25, 0.3) is 5.69 Å². The average Bonchev–Trinajstić information content (AvgIpc) is 2.91. The van der Waals surface area contributed by atoms with Crippen LogP contribution in [-0.4, -0.2) is 9.78 Å². The summed E-state index contributed by atoms with van der Waals surface area (Å²) in [6.07, 6.45) is 1.91. The number of nitrogens with zero attached hydrogens (tertiary/aromatic N) is 3. The number of para-hydroxylation sites is 1. The van der Waals surface area contributed by atoms with Gasteiger partial charge in [0.2, 0.25) is 0 Å². The Morgan fingerprint density at radius 3 is 3.06 bits per heavy atom. The fraction of sp³-hybridized carbons (Fsp3) is 0.167. The lowest BCUT2D eigenvalue weighted by Crippen LogP contribution is -2.02. The zero-order valence-electron chi connectivity index (χ0n) is 8.55. The van der Waals surface area contributed by atoms with Crippen molar-refractivity contribution in [3.05, 3.63) is 47.3 Å². The van der Waals surface area contributed by atoms with E-state index in [4.69, 9.17) is 5.26 Å². The first-order chi connectivity index (χ1) is 7.90. The summed E-state index contributed by atoms with van der Waals surface area (Å²) in [5, 5.41) is 13.4. The van der Waals surface area contributed by atoms with Crippen LogP contribution >= 0.6 is 11.8 Å². The van der Waals surface area contributed by atoms with Gasteiger partial charge in [-0.3, -0.25) is 0 Å². The lowest BCUT2D eigenvalue weighted by atomic mass is 10.2. The van der Waals surface area contributed by atoms with Crippen molar-refractivity contribution in [3.63, 3.8) is 0 Å². The maximum absolute atomic E-state index is 9.07. The predicted molar refractivity (Wildman–Crippen MR) is 63.3 cm³/mol. The normalized spacial score (nSPS) is 13.4. The lowest BCUT2D eigenvalue weighted by Gasteiger charge is -2.06. The van der Waals surface area contributed by atoms with Gasteiger partial charge in [-0.1, -0.05) is 12.1 Å². The van der Waals surface area contributed by atoms with Crippen LogP contribution in [0.15, 0.2) is 30.5 Å². The lowest BCUT2D eigenvalue weighted by molar-refractivity contribution is 0.840. The Morgan fingerprint density at radius 1 is 1.31 bits per heavy atom. The molecular formula is C12H9N3S. The maximum Gasteiger partial charge on any atom is 0.101 e. The zero-order chi connectivity index (χ0) is 11.0. The van der Waals surface area contributed by atoms with E-state index in [-0.39, 0.29) is 0 Å². The maximum atomic E-state index is 9.07. The summed E-state index contributed by atoms with van der Waals surface area (Å²) in [4.78, 5) is 0. The fourth-order valence-electron chi connectivity index (χ4n) is 1.90. The second-order valence-corrected chi connectivity index (χ2v) is 4.64. The molecule has 1 aromatic heterocycles. The number of rotatable bonds is 1. The van der Waals surface area contributed by atoms with Crippen LogP contribution in [0.5, 0.6) is 0 Å². The highest BCUT2D eigenvalue weighted by Crippen LogP contribution is 2.31. The van der Waals surface area contributed by atoms with E-state index in [1.165, 1.54) is 11.3 Å². The molecule has 1 aromatic carbocycles. The first-order valence-corrected chi connectivity index (χ1v) is 6.18. The molecule has 0 spiro atoms. The smallest absolute Gasteiger partial charge is 0.101 e. The van der Waals surface area contributed by atoms with Gasteiger partial charge in [0.25, 0.3) is 0 Å². The van der Waals surface area contributed by atoms with Crippen LogP contribution in [0.1, 0.15) is 16.8 Å². The molecule has 0 aliphatic carbocycles. The van der Waals surface area contributed by atoms with E-state index in [2.05, 4.69) is 11.2 Å². The quantitative estimate of drug-likeness (QED) is 0.751. The first kappa shape index (κ1) is 9.49. The highest BCUT2D eigenvalue weighted by molar-refractivity contribution is 7.98. The SMILES string of the molecule is N#Cc1ccccc1-n1ncc2c1CSC2. The number of hydrogen-bond acceptors (Lipinski definition) is 3. The molecule has 3 nitrogen and oxygen atoms in total. The van der Waals surface area contributed by atoms with E-state index in [1.54, 1.807) is 0 Å². The summed E-state index contributed by atoms with van der Waals surface area (Å²) in [6.45, 7) is 0. The second-order valence-electron chi connectivity index (χ2n) is 3.65. The Balaban J connectivity index is 2.20. The van der Waals surface area contributed by atoms with E-state index in [1.807, 2.05) is 46.9 Å². The molecule has 0 atom stereocenters. The van der Waals surface area contributed by atoms with Gasteiger partial charge < -0.3 is 0 Å². The van der Waals surface area contributed by atoms with Gasteiger partial charge >= 0.3 is 0 Å². The van der Waals surface area contributed by atoms with Gasteiger partial charge in [0.1, 0.15) is 6.07 Å². The minimum Gasteiger partial charge on any atom is -0.235 e. The van der Waals surface area contributed by atoms with Gasteiger partial charge in [-0.05, 0) is 12.1 Å². The molecule has 0 saturated heterocycles. The molecule has 1 aliphatic heterocycles. The molecule has 2 heterocycles. The molecule has 0 amide bonds. The van der Waals surface area contributed by atoms with Crippen molar-refractivity contribution < 1.29 is 0 Å². The predicted octanol–water partition coefficient (Wildman–Crippen LogP) is 2.49. The van der Waals surface area contributed by atoms with Crippen LogP contribution < -0.4 is 0 Å². The number of thioether (sulfide) groups is 1. The van der Waals surface area contributed by atoms with Crippen LogP contribution in [0.2, 0.25) is 0 Å². The molecule has 3 rings (SSSR count). The summed E-state index contributed by atoms with van der Waals surface area (Å²) in [5.41, 5.74) is 4.07. The Morgan fingerprint density at radius 2 is 2.19 bits per heavy atom. The number of aromatic nitrogens is 2. The van der Waals surface area contributed by atoms with E-state index in [9.17, 15) is 0 Å². The Hall–Kier alpha value is -1.73. The van der Waals surface area contributed by atoms with Gasteiger partial charge in [0.05, 0.1) is 23.1 Å². The summed E-state index contributed by atoms with van der Waals surface area (Å²) >= 11 is 1.89. The summed E-state index contributed by atoms with van der Waals surface area (Å²) in [5.74, 6) is 2.01. The van der Waals surface area contributed by atoms with Crippen LogP contribution in [-0.2, 0) is 11.5 Å². The number of nitriles is 1. The van der Waals surface area contributed by atoms with Gasteiger partial charge in [-0.15, -0.1) is 0 Å². The van der Waals surface area contributed by atoms with Crippen LogP contribution in [0, 0.1) is 11.3 Å². The zero-order valence-corrected chi connectivity index (χ0v) is 9.37. The van der Waals surface area contributed by atoms with Crippen molar-refractivity contribution >= 4 is 11.8 Å². The standard InChI is InChI=1S/C12H9N3S/c13-5-9-3-1-2-4-11(9)15-12-8-16-7-10(12)6-14-15/h1-4,6H,7-8H2. The van der Waals surface area contributed by atoms with E-state index in [0.29, 0.717) is 5.56 Å². The summed E-state index contributed by atoms with van der Waals surface area (Å²) in [6, 6.07) is 9.78. The molecule has 78 valence electrons.